The summed E-state index contributed by atoms with van der Waals surface area (Å²) in [7, 11) is 0. The average molecular weight is 494 g/mol. The Bertz CT molecular complexity index is 1110. The number of halogens is 3. The number of fused-ring (bicyclic) bond motifs is 1. The van der Waals surface area contributed by atoms with Crippen molar-refractivity contribution in [2.75, 3.05) is 6.61 Å². The molecular weight excluding hydrogens is 468 g/mol. The molecule has 2 aromatic carbocycles. The van der Waals surface area contributed by atoms with E-state index < -0.39 is 11.9 Å². The van der Waals surface area contributed by atoms with Gasteiger partial charge in [0.1, 0.15) is 23.8 Å². The number of hydrogen-bond acceptors (Lipinski definition) is 4. The van der Waals surface area contributed by atoms with Gasteiger partial charge in [0, 0.05) is 22.5 Å². The lowest BCUT2D eigenvalue weighted by molar-refractivity contribution is 0.0863. The summed E-state index contributed by atoms with van der Waals surface area (Å²) in [6.45, 7) is 0.106. The second kappa shape index (κ2) is 10.8. The summed E-state index contributed by atoms with van der Waals surface area (Å²) in [5.74, 6) is 0.376. The van der Waals surface area contributed by atoms with Crippen molar-refractivity contribution < 1.29 is 23.4 Å². The van der Waals surface area contributed by atoms with Gasteiger partial charge in [-0.1, -0.05) is 23.2 Å². The Balaban J connectivity index is 1.17. The maximum Gasteiger partial charge on any atom is 0.287 e. The number of carbonyl (C=O) groups is 1. The van der Waals surface area contributed by atoms with E-state index in [1.165, 1.54) is 12.1 Å². The standard InChI is InChI=1S/C25H26Cl2FNO4/c26-17-4-10-23-16(11-17)12-24(33-23)25(31)29-18-5-1-15(2-6-18)3-7-19(30)14-32-20-8-9-21(27)22(28)13-20/h4,8-13,15,18-19,30H,1-3,5-7,14H2,(H,29,31). The van der Waals surface area contributed by atoms with Crippen LogP contribution in [0.2, 0.25) is 10.0 Å². The Morgan fingerprint density at radius 2 is 1.94 bits per heavy atom. The third-order valence-electron chi connectivity index (χ3n) is 6.13. The van der Waals surface area contributed by atoms with Crippen LogP contribution >= 0.6 is 23.2 Å². The minimum absolute atomic E-state index is 0.0391. The topological polar surface area (TPSA) is 71.7 Å². The second-order valence-corrected chi connectivity index (χ2v) is 9.45. The van der Waals surface area contributed by atoms with Crippen LogP contribution in [-0.2, 0) is 0 Å². The Labute approximate surface area is 201 Å². The van der Waals surface area contributed by atoms with Crippen LogP contribution in [0.4, 0.5) is 4.39 Å². The van der Waals surface area contributed by atoms with Gasteiger partial charge in [0.05, 0.1) is 11.1 Å². The molecule has 176 valence electrons. The van der Waals surface area contributed by atoms with Gasteiger partial charge in [-0.25, -0.2) is 4.39 Å². The Kier molecular flexibility index (Phi) is 7.78. The second-order valence-electron chi connectivity index (χ2n) is 8.60. The molecule has 0 bridgehead atoms. The molecule has 5 nitrogen and oxygen atoms in total. The first kappa shape index (κ1) is 23.9. The normalized spacial score (nSPS) is 19.4. The third-order valence-corrected chi connectivity index (χ3v) is 6.67. The number of aliphatic hydroxyl groups excluding tert-OH is 1. The van der Waals surface area contributed by atoms with E-state index in [-0.39, 0.29) is 29.3 Å². The predicted molar refractivity (Wildman–Crippen MR) is 127 cm³/mol. The van der Waals surface area contributed by atoms with Crippen LogP contribution in [0.25, 0.3) is 11.0 Å². The number of nitrogens with one attached hydrogen (secondary N) is 1. The summed E-state index contributed by atoms with van der Waals surface area (Å²) in [5.41, 5.74) is 0.636. The van der Waals surface area contributed by atoms with E-state index in [1.807, 2.05) is 0 Å². The van der Waals surface area contributed by atoms with Crippen molar-refractivity contribution in [3.8, 4) is 5.75 Å². The molecule has 0 spiro atoms. The predicted octanol–water partition coefficient (Wildman–Crippen LogP) is 6.39. The number of benzene rings is 2. The van der Waals surface area contributed by atoms with Gasteiger partial charge in [0.15, 0.2) is 5.76 Å². The fourth-order valence-electron chi connectivity index (χ4n) is 4.25. The van der Waals surface area contributed by atoms with Gasteiger partial charge in [0.25, 0.3) is 5.91 Å². The van der Waals surface area contributed by atoms with Gasteiger partial charge in [-0.15, -0.1) is 0 Å². The van der Waals surface area contributed by atoms with Crippen molar-refractivity contribution in [1.82, 2.24) is 5.32 Å². The first-order chi connectivity index (χ1) is 15.9. The number of rotatable bonds is 8. The van der Waals surface area contributed by atoms with Gasteiger partial charge < -0.3 is 19.6 Å². The van der Waals surface area contributed by atoms with Crippen LogP contribution < -0.4 is 10.1 Å². The van der Waals surface area contributed by atoms with Crippen LogP contribution in [0.15, 0.2) is 46.9 Å². The molecule has 1 amide bonds. The van der Waals surface area contributed by atoms with Gasteiger partial charge in [0.2, 0.25) is 0 Å². The Hall–Kier alpha value is -2.28. The summed E-state index contributed by atoms with van der Waals surface area (Å²) < 4.78 is 24.6. The Morgan fingerprint density at radius 3 is 2.70 bits per heavy atom. The highest BCUT2D eigenvalue weighted by molar-refractivity contribution is 6.31. The SMILES string of the molecule is O=C(NC1CCC(CCC(O)COc2ccc(Cl)c(F)c2)CC1)c1cc2cc(Cl)ccc2o1. The maximum absolute atomic E-state index is 13.5. The monoisotopic (exact) mass is 493 g/mol. The highest BCUT2D eigenvalue weighted by Gasteiger charge is 2.24. The van der Waals surface area contributed by atoms with E-state index in [9.17, 15) is 14.3 Å². The smallest absolute Gasteiger partial charge is 0.287 e. The van der Waals surface area contributed by atoms with Crippen LogP contribution in [0.3, 0.4) is 0 Å². The quantitative estimate of drug-likeness (QED) is 0.381. The van der Waals surface area contributed by atoms with E-state index in [1.54, 1.807) is 30.3 Å². The molecule has 0 radical (unpaired) electrons. The lowest BCUT2D eigenvalue weighted by Crippen LogP contribution is -2.37. The highest BCUT2D eigenvalue weighted by atomic mass is 35.5. The first-order valence-corrected chi connectivity index (χ1v) is 11.9. The molecule has 0 aliphatic heterocycles. The summed E-state index contributed by atoms with van der Waals surface area (Å²) in [6.07, 6.45) is 4.61. The lowest BCUT2D eigenvalue weighted by Gasteiger charge is -2.29. The number of ether oxygens (including phenoxy) is 1. The molecule has 1 atom stereocenters. The molecule has 1 aliphatic carbocycles. The third kappa shape index (κ3) is 6.40. The molecule has 1 fully saturated rings. The van der Waals surface area contributed by atoms with Crippen molar-refractivity contribution in [3.63, 3.8) is 0 Å². The summed E-state index contributed by atoms with van der Waals surface area (Å²) in [4.78, 5) is 12.6. The minimum Gasteiger partial charge on any atom is -0.491 e. The summed E-state index contributed by atoms with van der Waals surface area (Å²) in [5, 5.41) is 14.7. The zero-order valence-corrected chi connectivity index (χ0v) is 19.5. The van der Waals surface area contributed by atoms with Crippen molar-refractivity contribution >= 4 is 40.1 Å². The van der Waals surface area contributed by atoms with Gasteiger partial charge in [-0.3, -0.25) is 4.79 Å². The number of aliphatic hydroxyl groups is 1. The van der Waals surface area contributed by atoms with Crippen molar-refractivity contribution in [2.45, 2.75) is 50.7 Å². The van der Waals surface area contributed by atoms with Crippen molar-refractivity contribution in [1.29, 1.82) is 0 Å². The zero-order valence-electron chi connectivity index (χ0n) is 18.0. The fraction of sp³-hybridized carbons (Fsp3) is 0.400. The van der Waals surface area contributed by atoms with Crippen molar-refractivity contribution in [3.05, 3.63) is 64.1 Å². The fourth-order valence-corrected chi connectivity index (χ4v) is 4.55. The number of carbonyl (C=O) groups excluding carboxylic acids is 1. The van der Waals surface area contributed by atoms with Gasteiger partial charge in [-0.05, 0) is 80.8 Å². The molecular formula is C25H26Cl2FNO4. The molecule has 1 unspecified atom stereocenters. The summed E-state index contributed by atoms with van der Waals surface area (Å²) in [6, 6.07) is 11.3. The average Bonchev–Trinajstić information content (AvgIpc) is 3.23. The molecule has 4 rings (SSSR count). The van der Waals surface area contributed by atoms with Gasteiger partial charge in [-0.2, -0.15) is 0 Å². The molecule has 1 heterocycles. The van der Waals surface area contributed by atoms with E-state index >= 15 is 0 Å². The van der Waals surface area contributed by atoms with E-state index in [0.717, 1.165) is 37.5 Å². The molecule has 33 heavy (non-hydrogen) atoms. The largest absolute Gasteiger partial charge is 0.491 e. The molecule has 0 saturated heterocycles. The van der Waals surface area contributed by atoms with E-state index in [4.69, 9.17) is 32.4 Å². The van der Waals surface area contributed by atoms with Crippen LogP contribution in [0, 0.1) is 11.7 Å². The molecule has 2 N–H and O–H groups in total. The highest BCUT2D eigenvalue weighted by Crippen LogP contribution is 2.29. The maximum atomic E-state index is 13.5. The molecule has 1 saturated carbocycles. The molecule has 8 heteroatoms. The number of amides is 1. The van der Waals surface area contributed by atoms with Gasteiger partial charge >= 0.3 is 0 Å². The first-order valence-electron chi connectivity index (χ1n) is 11.1. The minimum atomic E-state index is -0.622. The van der Waals surface area contributed by atoms with Crippen LogP contribution in [-0.4, -0.2) is 29.8 Å². The van der Waals surface area contributed by atoms with E-state index in [2.05, 4.69) is 5.32 Å². The summed E-state index contributed by atoms with van der Waals surface area (Å²) >= 11 is 11.7. The van der Waals surface area contributed by atoms with Crippen molar-refractivity contribution in [2.24, 2.45) is 5.92 Å². The van der Waals surface area contributed by atoms with E-state index in [0.29, 0.717) is 28.7 Å². The number of furan rings is 1. The lowest BCUT2D eigenvalue weighted by atomic mass is 9.83. The molecule has 1 aromatic heterocycles. The number of hydrogen-bond donors (Lipinski definition) is 2. The Morgan fingerprint density at radius 1 is 1.15 bits per heavy atom. The zero-order chi connectivity index (χ0) is 23.4. The van der Waals surface area contributed by atoms with Crippen LogP contribution in [0.5, 0.6) is 5.75 Å². The molecule has 1 aliphatic rings. The molecule has 3 aromatic rings. The van der Waals surface area contributed by atoms with Crippen LogP contribution in [0.1, 0.15) is 49.1 Å².